The monoisotopic (exact) mass is 259 g/mol. The zero-order valence-corrected chi connectivity index (χ0v) is 10.8. The van der Waals surface area contributed by atoms with E-state index >= 15 is 0 Å². The summed E-state index contributed by atoms with van der Waals surface area (Å²) in [6, 6.07) is 8.26. The Morgan fingerprint density at radius 2 is 2.21 bits per heavy atom. The number of halogens is 1. The van der Waals surface area contributed by atoms with E-state index in [1.165, 1.54) is 6.07 Å². The van der Waals surface area contributed by atoms with Gasteiger partial charge < -0.3 is 9.73 Å². The van der Waals surface area contributed by atoms with E-state index < -0.39 is 5.82 Å². The van der Waals surface area contributed by atoms with Gasteiger partial charge in [0.25, 0.3) is 0 Å². The molecule has 0 aliphatic heterocycles. The number of nitrogens with one attached hydrogen (secondary N) is 1. The van der Waals surface area contributed by atoms with Gasteiger partial charge in [-0.05, 0) is 25.5 Å². The lowest BCUT2D eigenvalue weighted by Gasteiger charge is -2.09. The van der Waals surface area contributed by atoms with E-state index in [1.807, 2.05) is 19.9 Å². The van der Waals surface area contributed by atoms with Crippen molar-refractivity contribution in [1.29, 1.82) is 5.26 Å². The molecule has 1 aromatic heterocycles. The summed E-state index contributed by atoms with van der Waals surface area (Å²) < 4.78 is 19.1. The third-order valence-corrected chi connectivity index (χ3v) is 2.83. The Morgan fingerprint density at radius 1 is 1.47 bits per heavy atom. The molecule has 1 N–H and O–H groups in total. The lowest BCUT2D eigenvalue weighted by Crippen LogP contribution is -2.13. The SMILES string of the molecule is CCC(C)Nc1oc(-c2ccccc2F)nc1C#N. The molecule has 1 heterocycles. The fraction of sp³-hybridized carbons (Fsp3) is 0.286. The Hall–Kier alpha value is -2.35. The van der Waals surface area contributed by atoms with E-state index in [1.54, 1.807) is 18.2 Å². The van der Waals surface area contributed by atoms with Gasteiger partial charge in [0.2, 0.25) is 17.5 Å². The second-order valence-electron chi connectivity index (χ2n) is 4.24. The molecule has 0 fully saturated rings. The average Bonchev–Trinajstić information content (AvgIpc) is 2.82. The van der Waals surface area contributed by atoms with Gasteiger partial charge in [0.1, 0.15) is 11.9 Å². The van der Waals surface area contributed by atoms with Crippen molar-refractivity contribution in [1.82, 2.24) is 4.98 Å². The van der Waals surface area contributed by atoms with Gasteiger partial charge in [0, 0.05) is 6.04 Å². The molecule has 98 valence electrons. The number of oxazole rings is 1. The van der Waals surface area contributed by atoms with Gasteiger partial charge in [-0.2, -0.15) is 10.2 Å². The maximum Gasteiger partial charge on any atom is 0.233 e. The fourth-order valence-corrected chi connectivity index (χ4v) is 1.57. The second kappa shape index (κ2) is 5.53. The van der Waals surface area contributed by atoms with Crippen LogP contribution in [-0.2, 0) is 0 Å². The smallest absolute Gasteiger partial charge is 0.233 e. The molecule has 19 heavy (non-hydrogen) atoms. The summed E-state index contributed by atoms with van der Waals surface area (Å²) in [5, 5.41) is 12.1. The van der Waals surface area contributed by atoms with Crippen LogP contribution < -0.4 is 5.32 Å². The third kappa shape index (κ3) is 2.74. The highest BCUT2D eigenvalue weighted by Gasteiger charge is 2.17. The van der Waals surface area contributed by atoms with Crippen LogP contribution in [0.5, 0.6) is 0 Å². The first-order valence-electron chi connectivity index (χ1n) is 6.08. The summed E-state index contributed by atoms with van der Waals surface area (Å²) in [6.45, 7) is 3.98. The summed E-state index contributed by atoms with van der Waals surface area (Å²) in [5.41, 5.74) is 0.384. The molecule has 0 amide bonds. The molecular weight excluding hydrogens is 245 g/mol. The zero-order valence-electron chi connectivity index (χ0n) is 10.8. The first-order chi connectivity index (χ1) is 9.15. The standard InChI is InChI=1S/C14H14FN3O/c1-3-9(2)17-14-12(8-16)18-13(19-14)10-6-4-5-7-11(10)15/h4-7,9,17H,3H2,1-2H3. The summed E-state index contributed by atoms with van der Waals surface area (Å²) in [6.07, 6.45) is 0.876. The van der Waals surface area contributed by atoms with Gasteiger partial charge in [0.15, 0.2) is 0 Å². The molecule has 0 saturated heterocycles. The molecule has 5 heteroatoms. The lowest BCUT2D eigenvalue weighted by molar-refractivity contribution is 0.562. The van der Waals surface area contributed by atoms with Crippen LogP contribution in [0.2, 0.25) is 0 Å². The molecule has 4 nitrogen and oxygen atoms in total. The second-order valence-corrected chi connectivity index (χ2v) is 4.24. The number of hydrogen-bond donors (Lipinski definition) is 1. The van der Waals surface area contributed by atoms with E-state index in [-0.39, 0.29) is 29.1 Å². The number of benzene rings is 1. The molecule has 1 aromatic carbocycles. The Kier molecular flexibility index (Phi) is 3.81. The van der Waals surface area contributed by atoms with Crippen LogP contribution in [0.3, 0.4) is 0 Å². The maximum atomic E-state index is 13.6. The number of nitrogens with zero attached hydrogens (tertiary/aromatic N) is 2. The molecule has 0 bridgehead atoms. The van der Waals surface area contributed by atoms with Crippen molar-refractivity contribution in [3.63, 3.8) is 0 Å². The molecule has 1 unspecified atom stereocenters. The molecule has 0 radical (unpaired) electrons. The average molecular weight is 259 g/mol. The predicted octanol–water partition coefficient (Wildman–Crippen LogP) is 3.56. The number of nitriles is 1. The highest BCUT2D eigenvalue weighted by molar-refractivity contribution is 5.59. The van der Waals surface area contributed by atoms with Crippen LogP contribution in [-0.4, -0.2) is 11.0 Å². The minimum atomic E-state index is -0.427. The van der Waals surface area contributed by atoms with Crippen LogP contribution in [0.15, 0.2) is 28.7 Å². The number of hydrogen-bond acceptors (Lipinski definition) is 4. The third-order valence-electron chi connectivity index (χ3n) is 2.83. The first-order valence-corrected chi connectivity index (χ1v) is 6.08. The largest absolute Gasteiger partial charge is 0.419 e. The van der Waals surface area contributed by atoms with Gasteiger partial charge in [-0.3, -0.25) is 0 Å². The number of aromatic nitrogens is 1. The van der Waals surface area contributed by atoms with E-state index in [0.717, 1.165) is 6.42 Å². The van der Waals surface area contributed by atoms with Gasteiger partial charge in [-0.25, -0.2) is 4.39 Å². The van der Waals surface area contributed by atoms with Crippen molar-refractivity contribution in [3.05, 3.63) is 35.8 Å². The van der Waals surface area contributed by atoms with Crippen molar-refractivity contribution in [2.75, 3.05) is 5.32 Å². The molecule has 0 aliphatic rings. The van der Waals surface area contributed by atoms with Crippen molar-refractivity contribution < 1.29 is 8.81 Å². The fourth-order valence-electron chi connectivity index (χ4n) is 1.57. The normalized spacial score (nSPS) is 11.9. The van der Waals surface area contributed by atoms with Crippen LogP contribution in [0, 0.1) is 17.1 Å². The van der Waals surface area contributed by atoms with Gasteiger partial charge in [0.05, 0.1) is 5.56 Å². The lowest BCUT2D eigenvalue weighted by atomic mass is 10.2. The quantitative estimate of drug-likeness (QED) is 0.911. The van der Waals surface area contributed by atoms with E-state index in [0.29, 0.717) is 0 Å². The number of rotatable bonds is 4. The highest BCUT2D eigenvalue weighted by atomic mass is 19.1. The summed E-state index contributed by atoms with van der Waals surface area (Å²) >= 11 is 0. The Morgan fingerprint density at radius 3 is 2.84 bits per heavy atom. The van der Waals surface area contributed by atoms with Crippen LogP contribution in [0.4, 0.5) is 10.3 Å². The minimum absolute atomic E-state index is 0.112. The van der Waals surface area contributed by atoms with Crippen LogP contribution in [0.25, 0.3) is 11.5 Å². The summed E-state index contributed by atoms with van der Waals surface area (Å²) in [5.74, 6) is -0.0288. The summed E-state index contributed by atoms with van der Waals surface area (Å²) in [7, 11) is 0. The molecule has 1 atom stereocenters. The van der Waals surface area contributed by atoms with E-state index in [2.05, 4.69) is 10.3 Å². The summed E-state index contributed by atoms with van der Waals surface area (Å²) in [4.78, 5) is 4.02. The van der Waals surface area contributed by atoms with Gasteiger partial charge in [-0.1, -0.05) is 19.1 Å². The predicted molar refractivity (Wildman–Crippen MR) is 70.0 cm³/mol. The number of anilines is 1. The zero-order chi connectivity index (χ0) is 13.8. The minimum Gasteiger partial charge on any atom is -0.419 e. The first kappa shape index (κ1) is 13.1. The molecule has 0 spiro atoms. The topological polar surface area (TPSA) is 61.9 Å². The van der Waals surface area contributed by atoms with Crippen molar-refractivity contribution in [2.24, 2.45) is 0 Å². The molecule has 2 aromatic rings. The Bertz CT molecular complexity index is 615. The molecular formula is C14H14FN3O. The van der Waals surface area contributed by atoms with Crippen molar-refractivity contribution in [2.45, 2.75) is 26.3 Å². The van der Waals surface area contributed by atoms with Crippen LogP contribution in [0.1, 0.15) is 26.0 Å². The maximum absolute atomic E-state index is 13.6. The molecule has 2 rings (SSSR count). The van der Waals surface area contributed by atoms with Crippen molar-refractivity contribution >= 4 is 5.88 Å². The van der Waals surface area contributed by atoms with E-state index in [4.69, 9.17) is 9.68 Å². The molecule has 0 aliphatic carbocycles. The van der Waals surface area contributed by atoms with Crippen molar-refractivity contribution in [3.8, 4) is 17.5 Å². The molecule has 0 saturated carbocycles. The Labute approximate surface area is 110 Å². The highest BCUT2D eigenvalue weighted by Crippen LogP contribution is 2.27. The van der Waals surface area contributed by atoms with Crippen LogP contribution >= 0.6 is 0 Å². The van der Waals surface area contributed by atoms with Gasteiger partial charge in [-0.15, -0.1) is 0 Å². The Balaban J connectivity index is 2.40. The van der Waals surface area contributed by atoms with Gasteiger partial charge >= 0.3 is 0 Å². The van der Waals surface area contributed by atoms with E-state index in [9.17, 15) is 4.39 Å².